The van der Waals surface area contributed by atoms with Crippen molar-refractivity contribution in [1.29, 1.82) is 0 Å². The zero-order chi connectivity index (χ0) is 18.1. The van der Waals surface area contributed by atoms with Crippen LogP contribution in [0, 0.1) is 0 Å². The Morgan fingerprint density at radius 2 is 1.54 bits per heavy atom. The van der Waals surface area contributed by atoms with Crippen molar-refractivity contribution in [3.63, 3.8) is 0 Å². The van der Waals surface area contributed by atoms with Gasteiger partial charge in [-0.05, 0) is 54.3 Å². The summed E-state index contributed by atoms with van der Waals surface area (Å²) in [7, 11) is 0. The van der Waals surface area contributed by atoms with Crippen molar-refractivity contribution in [3.05, 3.63) is 77.9 Å². The van der Waals surface area contributed by atoms with E-state index in [0.717, 1.165) is 22.4 Å². The number of carbonyl (C=O) groups excluding carboxylic acids is 1. The minimum atomic E-state index is 0.219. The molecule has 26 heavy (non-hydrogen) atoms. The van der Waals surface area contributed by atoms with E-state index in [4.69, 9.17) is 9.73 Å². The molecule has 3 nitrogen and oxygen atoms in total. The van der Waals surface area contributed by atoms with Crippen LogP contribution in [0.2, 0.25) is 0 Å². The summed E-state index contributed by atoms with van der Waals surface area (Å²) in [6.45, 7) is 4.64. The molecular weight excluding hydrogens is 322 g/mol. The summed E-state index contributed by atoms with van der Waals surface area (Å²) in [5.74, 6) is 0.539. The topological polar surface area (TPSA) is 38.7 Å². The monoisotopic (exact) mass is 341 g/mol. The Morgan fingerprint density at radius 1 is 0.808 bits per heavy atom. The number of ether oxygens (including phenoxy) is 1. The van der Waals surface area contributed by atoms with E-state index in [1.54, 1.807) is 6.07 Å². The number of aliphatic imine (C=N–C) groups is 1. The summed E-state index contributed by atoms with van der Waals surface area (Å²) in [4.78, 5) is 15.5. The minimum Gasteiger partial charge on any atom is -0.429 e. The van der Waals surface area contributed by atoms with E-state index in [1.165, 1.54) is 16.7 Å². The smallest absolute Gasteiger partial charge is 0.298 e. The first-order valence-electron chi connectivity index (χ1n) is 8.70. The summed E-state index contributed by atoms with van der Waals surface area (Å²) < 4.78 is 4.98. The highest BCUT2D eigenvalue weighted by molar-refractivity contribution is 6.25. The third-order valence-corrected chi connectivity index (χ3v) is 4.49. The lowest BCUT2D eigenvalue weighted by Gasteiger charge is -2.08. The number of benzene rings is 3. The minimum absolute atomic E-state index is 0.219. The van der Waals surface area contributed by atoms with E-state index in [9.17, 15) is 4.79 Å². The molecule has 1 aliphatic rings. The number of rotatable bonds is 4. The highest BCUT2D eigenvalue weighted by Gasteiger charge is 2.25. The van der Waals surface area contributed by atoms with Crippen LogP contribution < -0.4 is 4.74 Å². The first kappa shape index (κ1) is 16.3. The highest BCUT2D eigenvalue weighted by atomic mass is 16.5. The average Bonchev–Trinajstić information content (AvgIpc) is 2.95. The number of nitrogens with zero attached hydrogens (tertiary/aromatic N) is 1. The fourth-order valence-corrected chi connectivity index (χ4v) is 3.43. The van der Waals surface area contributed by atoms with E-state index in [0.29, 0.717) is 12.2 Å². The molecule has 0 amide bonds. The first-order chi connectivity index (χ1) is 12.7. The summed E-state index contributed by atoms with van der Waals surface area (Å²) >= 11 is 0. The quantitative estimate of drug-likeness (QED) is 0.484. The lowest BCUT2D eigenvalue weighted by atomic mass is 9.98. The van der Waals surface area contributed by atoms with E-state index in [-0.39, 0.29) is 6.04 Å². The Hall–Kier alpha value is -3.20. The van der Waals surface area contributed by atoms with Crippen molar-refractivity contribution in [3.8, 4) is 28.0 Å². The molecule has 0 radical (unpaired) electrons. The van der Waals surface area contributed by atoms with Gasteiger partial charge in [0.15, 0.2) is 0 Å². The van der Waals surface area contributed by atoms with Gasteiger partial charge in [0.25, 0.3) is 6.47 Å². The maximum absolute atomic E-state index is 10.6. The number of hydrogen-bond acceptors (Lipinski definition) is 3. The molecule has 0 spiro atoms. The van der Waals surface area contributed by atoms with Crippen LogP contribution in [0.25, 0.3) is 22.3 Å². The summed E-state index contributed by atoms with van der Waals surface area (Å²) in [6, 6.07) is 22.6. The van der Waals surface area contributed by atoms with Crippen molar-refractivity contribution < 1.29 is 9.53 Å². The van der Waals surface area contributed by atoms with E-state index >= 15 is 0 Å². The number of fused-ring (bicyclic) bond motifs is 3. The van der Waals surface area contributed by atoms with Gasteiger partial charge >= 0.3 is 0 Å². The third kappa shape index (κ3) is 2.82. The molecule has 0 atom stereocenters. The zero-order valence-electron chi connectivity index (χ0n) is 14.8. The molecule has 128 valence electrons. The standard InChI is InChI=1S/C23H19NO2/c1-15(2)24-23-21-9-4-3-8-19(21)20-11-10-17(13-22(20)23)16-6-5-7-18(12-16)26-14-25/h3-15H,1-2H3/b24-23+. The lowest BCUT2D eigenvalue weighted by Crippen LogP contribution is -2.03. The van der Waals surface area contributed by atoms with Crippen molar-refractivity contribution in [2.24, 2.45) is 4.99 Å². The van der Waals surface area contributed by atoms with Crippen molar-refractivity contribution >= 4 is 12.2 Å². The number of carbonyl (C=O) groups is 1. The van der Waals surface area contributed by atoms with Crippen LogP contribution in [0.5, 0.6) is 5.75 Å². The van der Waals surface area contributed by atoms with Gasteiger partial charge in [0.1, 0.15) is 5.75 Å². The zero-order valence-corrected chi connectivity index (χ0v) is 14.8. The largest absolute Gasteiger partial charge is 0.429 e. The summed E-state index contributed by atoms with van der Waals surface area (Å²) in [5, 5.41) is 0. The lowest BCUT2D eigenvalue weighted by molar-refractivity contribution is -0.120. The van der Waals surface area contributed by atoms with Crippen LogP contribution >= 0.6 is 0 Å². The molecule has 3 aromatic carbocycles. The molecule has 0 fully saturated rings. The normalized spacial score (nSPS) is 13.6. The molecule has 0 unspecified atom stereocenters. The second-order valence-corrected chi connectivity index (χ2v) is 6.62. The molecule has 0 aromatic heterocycles. The van der Waals surface area contributed by atoms with Gasteiger partial charge in [-0.3, -0.25) is 9.79 Å². The van der Waals surface area contributed by atoms with Gasteiger partial charge in [0.2, 0.25) is 0 Å². The fourth-order valence-electron chi connectivity index (χ4n) is 3.43. The summed E-state index contributed by atoms with van der Waals surface area (Å²) in [5.41, 5.74) is 7.91. The highest BCUT2D eigenvalue weighted by Crippen LogP contribution is 2.39. The Bertz CT molecular complexity index is 1020. The molecular formula is C23H19NO2. The second-order valence-electron chi connectivity index (χ2n) is 6.62. The fraction of sp³-hybridized carbons (Fsp3) is 0.130. The van der Waals surface area contributed by atoms with Gasteiger partial charge in [-0.25, -0.2) is 0 Å². The Labute approximate surface area is 153 Å². The van der Waals surface area contributed by atoms with Crippen LogP contribution in [0.1, 0.15) is 25.0 Å². The Kier molecular flexibility index (Phi) is 4.13. The van der Waals surface area contributed by atoms with Gasteiger partial charge in [-0.1, -0.05) is 48.5 Å². The van der Waals surface area contributed by atoms with Crippen molar-refractivity contribution in [2.45, 2.75) is 19.9 Å². The van der Waals surface area contributed by atoms with E-state index in [2.05, 4.69) is 56.3 Å². The van der Waals surface area contributed by atoms with E-state index < -0.39 is 0 Å². The Morgan fingerprint density at radius 3 is 2.31 bits per heavy atom. The number of hydrogen-bond donors (Lipinski definition) is 0. The first-order valence-corrected chi connectivity index (χ1v) is 8.70. The van der Waals surface area contributed by atoms with Crippen molar-refractivity contribution in [1.82, 2.24) is 0 Å². The van der Waals surface area contributed by atoms with Gasteiger partial charge in [-0.15, -0.1) is 0 Å². The van der Waals surface area contributed by atoms with Gasteiger partial charge in [0.05, 0.1) is 5.71 Å². The molecule has 3 heteroatoms. The van der Waals surface area contributed by atoms with Crippen molar-refractivity contribution in [2.75, 3.05) is 0 Å². The maximum Gasteiger partial charge on any atom is 0.298 e. The predicted molar refractivity (Wildman–Crippen MR) is 105 cm³/mol. The van der Waals surface area contributed by atoms with Crippen LogP contribution in [0.4, 0.5) is 0 Å². The summed E-state index contributed by atoms with van der Waals surface area (Å²) in [6.07, 6.45) is 0. The molecule has 0 saturated carbocycles. The molecule has 4 rings (SSSR count). The van der Waals surface area contributed by atoms with Gasteiger partial charge in [-0.2, -0.15) is 0 Å². The molecule has 3 aromatic rings. The van der Waals surface area contributed by atoms with Crippen LogP contribution in [-0.2, 0) is 4.79 Å². The van der Waals surface area contributed by atoms with E-state index in [1.807, 2.05) is 18.2 Å². The van der Waals surface area contributed by atoms with Crippen LogP contribution in [0.15, 0.2) is 71.7 Å². The van der Waals surface area contributed by atoms with Gasteiger partial charge in [0, 0.05) is 17.2 Å². The van der Waals surface area contributed by atoms with Crippen LogP contribution in [0.3, 0.4) is 0 Å². The second kappa shape index (κ2) is 6.60. The predicted octanol–water partition coefficient (Wildman–Crippen LogP) is 5.12. The van der Waals surface area contributed by atoms with Gasteiger partial charge < -0.3 is 4.74 Å². The maximum atomic E-state index is 10.6. The average molecular weight is 341 g/mol. The Balaban J connectivity index is 1.86. The SMILES string of the molecule is CC(C)/N=C1\c2ccccc2-c2ccc(-c3cccc(OC=O)c3)cc21. The molecule has 0 heterocycles. The molecule has 0 N–H and O–H groups in total. The van der Waals surface area contributed by atoms with Crippen LogP contribution in [-0.4, -0.2) is 18.2 Å². The molecule has 0 saturated heterocycles. The molecule has 1 aliphatic carbocycles. The molecule has 0 aliphatic heterocycles. The molecule has 0 bridgehead atoms. The third-order valence-electron chi connectivity index (χ3n) is 4.49.